The molecular weight excluding hydrogens is 581 g/mol. The summed E-state index contributed by atoms with van der Waals surface area (Å²) >= 11 is 0. The van der Waals surface area contributed by atoms with E-state index in [1.54, 1.807) is 35.9 Å². The predicted octanol–water partition coefficient (Wildman–Crippen LogP) is 6.15. The third kappa shape index (κ3) is 6.11. The van der Waals surface area contributed by atoms with Gasteiger partial charge in [-0.05, 0) is 55.6 Å². The molecule has 2 N–H and O–H groups in total. The molecule has 0 bridgehead atoms. The summed E-state index contributed by atoms with van der Waals surface area (Å²) in [6.45, 7) is 1.67. The second kappa shape index (κ2) is 11.6. The van der Waals surface area contributed by atoms with Crippen LogP contribution in [-0.4, -0.2) is 86.2 Å². The van der Waals surface area contributed by atoms with Crippen molar-refractivity contribution < 1.29 is 17.9 Å². The highest BCUT2D eigenvalue weighted by molar-refractivity contribution is 6.00. The number of likely N-dealkylation sites (N-methyl/N-ethyl adjacent to an activating group) is 1. The summed E-state index contributed by atoms with van der Waals surface area (Å²) in [5.74, 6) is -2.58. The maximum atomic E-state index is 14.7. The molecule has 0 unspecified atom stereocenters. The standard InChI is InChI=1S/C33H31F3N8O/c1-43(2)5-6-45-25-9-21(8-24(34)11-25)28-16-38-17-30-26(28)12-29(40-30)31-27-10-23(15-39-32(27)42-41-31)22-7-20(13-37-14-22)18-44-4-3-33(35,36)19-44/h7-17,40H,3-6,18-19H2,1-2H3,(H,39,41,42). The zero-order chi connectivity index (χ0) is 31.1. The average molecular weight is 613 g/mol. The van der Waals surface area contributed by atoms with E-state index in [-0.39, 0.29) is 13.0 Å². The fourth-order valence-corrected chi connectivity index (χ4v) is 5.75. The van der Waals surface area contributed by atoms with Crippen molar-refractivity contribution in [2.24, 2.45) is 0 Å². The van der Waals surface area contributed by atoms with Gasteiger partial charge in [0, 0.05) is 84.4 Å². The molecule has 1 aromatic carbocycles. The Bertz CT molecular complexity index is 2000. The number of hydrogen-bond acceptors (Lipinski definition) is 7. The van der Waals surface area contributed by atoms with Crippen LogP contribution in [0.5, 0.6) is 5.75 Å². The Kier molecular flexibility index (Phi) is 7.46. The molecule has 12 heteroatoms. The molecule has 1 saturated heterocycles. The van der Waals surface area contributed by atoms with Gasteiger partial charge in [-0.25, -0.2) is 18.2 Å². The van der Waals surface area contributed by atoms with Crippen LogP contribution < -0.4 is 4.74 Å². The number of benzene rings is 1. The second-order valence-electron chi connectivity index (χ2n) is 11.7. The van der Waals surface area contributed by atoms with Gasteiger partial charge >= 0.3 is 0 Å². The van der Waals surface area contributed by atoms with Crippen LogP contribution in [0.1, 0.15) is 12.0 Å². The van der Waals surface area contributed by atoms with E-state index in [0.717, 1.165) is 44.2 Å². The Morgan fingerprint density at radius 3 is 2.60 bits per heavy atom. The van der Waals surface area contributed by atoms with E-state index in [9.17, 15) is 13.2 Å². The van der Waals surface area contributed by atoms with Gasteiger partial charge in [-0.3, -0.25) is 20.0 Å². The van der Waals surface area contributed by atoms with Gasteiger partial charge in [0.05, 0.1) is 24.0 Å². The lowest BCUT2D eigenvalue weighted by Crippen LogP contribution is -2.24. The Labute approximate surface area is 257 Å². The minimum atomic E-state index is -2.64. The first kappa shape index (κ1) is 28.9. The number of hydrogen-bond donors (Lipinski definition) is 2. The summed E-state index contributed by atoms with van der Waals surface area (Å²) < 4.78 is 47.9. The third-order valence-electron chi connectivity index (χ3n) is 7.99. The summed E-state index contributed by atoms with van der Waals surface area (Å²) in [4.78, 5) is 20.5. The second-order valence-corrected chi connectivity index (χ2v) is 11.7. The fourth-order valence-electron chi connectivity index (χ4n) is 5.75. The van der Waals surface area contributed by atoms with Crippen molar-refractivity contribution in [3.05, 3.63) is 78.8 Å². The van der Waals surface area contributed by atoms with Crippen molar-refractivity contribution in [2.75, 3.05) is 40.3 Å². The highest BCUT2D eigenvalue weighted by Crippen LogP contribution is 2.36. The number of H-pyrrole nitrogens is 2. The van der Waals surface area contributed by atoms with Crippen LogP contribution in [0.25, 0.3) is 55.6 Å². The maximum absolute atomic E-state index is 14.7. The monoisotopic (exact) mass is 612 g/mol. The molecular formula is C33H31F3N8O. The van der Waals surface area contributed by atoms with Crippen LogP contribution in [-0.2, 0) is 6.54 Å². The topological polar surface area (TPSA) is 98.8 Å². The molecule has 6 aromatic rings. The molecule has 45 heavy (non-hydrogen) atoms. The molecule has 230 valence electrons. The van der Waals surface area contributed by atoms with Crippen molar-refractivity contribution in [1.82, 2.24) is 39.9 Å². The van der Waals surface area contributed by atoms with E-state index in [1.165, 1.54) is 12.1 Å². The number of nitrogens with zero attached hydrogens (tertiary/aromatic N) is 6. The van der Waals surface area contributed by atoms with Gasteiger partial charge < -0.3 is 14.6 Å². The molecule has 1 aliphatic heterocycles. The van der Waals surface area contributed by atoms with Crippen LogP contribution in [0.15, 0.2) is 67.4 Å². The first-order valence-electron chi connectivity index (χ1n) is 14.6. The van der Waals surface area contributed by atoms with Crippen LogP contribution in [0.2, 0.25) is 0 Å². The Morgan fingerprint density at radius 2 is 1.78 bits per heavy atom. The highest BCUT2D eigenvalue weighted by atomic mass is 19.3. The van der Waals surface area contributed by atoms with Gasteiger partial charge in [-0.15, -0.1) is 0 Å². The first-order valence-corrected chi connectivity index (χ1v) is 14.6. The SMILES string of the molecule is CN(C)CCOc1cc(F)cc(-c2cncc3[nH]c(-c4n[nH]c5ncc(-c6cncc(CN7CCC(F)(F)C7)c6)cc45)cc23)c1. The molecule has 0 spiro atoms. The Morgan fingerprint density at radius 1 is 0.933 bits per heavy atom. The molecule has 6 heterocycles. The maximum Gasteiger partial charge on any atom is 0.261 e. The number of alkyl halides is 2. The Hall–Kier alpha value is -4.81. The van der Waals surface area contributed by atoms with E-state index in [4.69, 9.17) is 4.74 Å². The van der Waals surface area contributed by atoms with E-state index in [2.05, 4.69) is 30.1 Å². The molecule has 1 fully saturated rings. The molecule has 7 rings (SSSR count). The van der Waals surface area contributed by atoms with Gasteiger partial charge in [0.15, 0.2) is 5.65 Å². The van der Waals surface area contributed by atoms with E-state index in [1.807, 2.05) is 43.3 Å². The van der Waals surface area contributed by atoms with Crippen LogP contribution in [0.4, 0.5) is 13.2 Å². The summed E-state index contributed by atoms with van der Waals surface area (Å²) in [5.41, 5.74) is 6.71. The Balaban J connectivity index is 1.20. The quantitative estimate of drug-likeness (QED) is 0.202. The number of pyridine rings is 3. The zero-order valence-corrected chi connectivity index (χ0v) is 24.8. The van der Waals surface area contributed by atoms with Crippen molar-refractivity contribution in [3.8, 4) is 39.4 Å². The molecule has 1 aliphatic rings. The normalized spacial score (nSPS) is 15.1. The number of likely N-dealkylation sites (tertiary alicyclic amines) is 1. The first-order chi connectivity index (χ1) is 21.7. The summed E-state index contributed by atoms with van der Waals surface area (Å²) in [7, 11) is 3.91. The number of halogens is 3. The van der Waals surface area contributed by atoms with Crippen molar-refractivity contribution in [3.63, 3.8) is 0 Å². The number of ether oxygens (including phenoxy) is 1. The third-order valence-corrected chi connectivity index (χ3v) is 7.99. The molecule has 0 saturated carbocycles. The van der Waals surface area contributed by atoms with Gasteiger partial charge in [0.2, 0.25) is 0 Å². The number of aromatic nitrogens is 6. The summed E-state index contributed by atoms with van der Waals surface area (Å²) in [6, 6.07) is 10.6. The number of aromatic amines is 2. The number of rotatable bonds is 9. The fraction of sp³-hybridized carbons (Fsp3) is 0.273. The van der Waals surface area contributed by atoms with Crippen LogP contribution in [0, 0.1) is 5.82 Å². The minimum absolute atomic E-state index is 0.121. The average Bonchev–Trinajstić information content (AvgIpc) is 3.72. The molecule has 0 atom stereocenters. The zero-order valence-electron chi connectivity index (χ0n) is 24.8. The van der Waals surface area contributed by atoms with Gasteiger partial charge in [0.1, 0.15) is 23.9 Å². The lowest BCUT2D eigenvalue weighted by molar-refractivity contribution is 0.0115. The molecule has 0 aliphatic carbocycles. The van der Waals surface area contributed by atoms with Gasteiger partial charge in [-0.2, -0.15) is 5.10 Å². The lowest BCUT2D eigenvalue weighted by atomic mass is 10.0. The molecule has 0 amide bonds. The van der Waals surface area contributed by atoms with E-state index >= 15 is 0 Å². The number of fused-ring (bicyclic) bond motifs is 2. The van der Waals surface area contributed by atoms with Crippen LogP contribution >= 0.6 is 0 Å². The minimum Gasteiger partial charge on any atom is -0.492 e. The van der Waals surface area contributed by atoms with E-state index < -0.39 is 11.7 Å². The van der Waals surface area contributed by atoms with Crippen molar-refractivity contribution in [2.45, 2.75) is 18.9 Å². The van der Waals surface area contributed by atoms with Crippen LogP contribution in [0.3, 0.4) is 0 Å². The smallest absolute Gasteiger partial charge is 0.261 e. The molecule has 0 radical (unpaired) electrons. The van der Waals surface area contributed by atoms with Crippen molar-refractivity contribution >= 4 is 21.9 Å². The molecule has 5 aromatic heterocycles. The van der Waals surface area contributed by atoms with Gasteiger partial charge in [-0.1, -0.05) is 0 Å². The number of nitrogens with one attached hydrogen (secondary N) is 2. The predicted molar refractivity (Wildman–Crippen MR) is 166 cm³/mol. The van der Waals surface area contributed by atoms with E-state index in [0.29, 0.717) is 48.9 Å². The highest BCUT2D eigenvalue weighted by Gasteiger charge is 2.37. The largest absolute Gasteiger partial charge is 0.492 e. The van der Waals surface area contributed by atoms with Crippen molar-refractivity contribution in [1.29, 1.82) is 0 Å². The lowest BCUT2D eigenvalue weighted by Gasteiger charge is -2.15. The summed E-state index contributed by atoms with van der Waals surface area (Å²) in [5, 5.41) is 9.21. The summed E-state index contributed by atoms with van der Waals surface area (Å²) in [6.07, 6.45) is 8.51. The van der Waals surface area contributed by atoms with Gasteiger partial charge in [0.25, 0.3) is 5.92 Å². The molecule has 9 nitrogen and oxygen atoms in total.